The van der Waals surface area contributed by atoms with E-state index in [-0.39, 0.29) is 5.82 Å². The molecule has 2 aromatic carbocycles. The van der Waals surface area contributed by atoms with Gasteiger partial charge in [-0.25, -0.2) is 4.39 Å². The quantitative estimate of drug-likeness (QED) is 0.753. The molecule has 0 saturated carbocycles. The number of rotatable bonds is 4. The number of para-hydroxylation sites is 1. The van der Waals surface area contributed by atoms with E-state index in [1.54, 1.807) is 12.1 Å². The maximum Gasteiger partial charge on any atom is 0.129 e. The van der Waals surface area contributed by atoms with Crippen LogP contribution in [0, 0.1) is 5.82 Å². The van der Waals surface area contributed by atoms with E-state index in [4.69, 9.17) is 11.6 Å². The molecule has 2 heterocycles. The Bertz CT molecular complexity index is 815. The van der Waals surface area contributed by atoms with Gasteiger partial charge in [-0.15, -0.1) is 0 Å². The van der Waals surface area contributed by atoms with Gasteiger partial charge >= 0.3 is 0 Å². The zero-order valence-electron chi connectivity index (χ0n) is 14.0. The molecule has 1 aliphatic heterocycles. The number of hydrogen-bond acceptors (Lipinski definition) is 2. The van der Waals surface area contributed by atoms with Gasteiger partial charge in [-0.05, 0) is 29.7 Å². The fourth-order valence-corrected chi connectivity index (χ4v) is 3.69. The van der Waals surface area contributed by atoms with Gasteiger partial charge in [0.2, 0.25) is 0 Å². The van der Waals surface area contributed by atoms with Crippen LogP contribution in [0.1, 0.15) is 11.3 Å². The van der Waals surface area contributed by atoms with E-state index in [1.807, 2.05) is 0 Å². The first-order valence-electron chi connectivity index (χ1n) is 8.63. The van der Waals surface area contributed by atoms with E-state index >= 15 is 0 Å². The Hall–Kier alpha value is -1.88. The van der Waals surface area contributed by atoms with Crippen molar-refractivity contribution in [1.29, 1.82) is 0 Å². The number of benzene rings is 2. The molecule has 0 radical (unpaired) electrons. The van der Waals surface area contributed by atoms with E-state index in [9.17, 15) is 4.39 Å². The Morgan fingerprint density at radius 2 is 1.64 bits per heavy atom. The van der Waals surface area contributed by atoms with Crippen molar-refractivity contribution < 1.29 is 4.39 Å². The standard InChI is InChI=1S/C20H21ClFN3/c21-18-5-3-6-19(22)17(18)14-25-10-8-24(9-11-25)13-16-12-15-4-1-2-7-20(15)23-16/h1-7,12,23H,8-11,13-14H2. The number of H-pyrrole nitrogens is 1. The Balaban J connectivity index is 1.35. The van der Waals surface area contributed by atoms with E-state index in [1.165, 1.54) is 22.7 Å². The Morgan fingerprint density at radius 3 is 2.36 bits per heavy atom. The van der Waals surface area contributed by atoms with E-state index in [0.717, 1.165) is 32.7 Å². The molecule has 130 valence electrons. The lowest BCUT2D eigenvalue weighted by atomic mass is 10.1. The van der Waals surface area contributed by atoms with Crippen LogP contribution in [0.2, 0.25) is 5.02 Å². The molecule has 3 nitrogen and oxygen atoms in total. The van der Waals surface area contributed by atoms with Crippen molar-refractivity contribution in [2.24, 2.45) is 0 Å². The van der Waals surface area contributed by atoms with Crippen molar-refractivity contribution in [3.8, 4) is 0 Å². The van der Waals surface area contributed by atoms with Crippen LogP contribution in [0.4, 0.5) is 4.39 Å². The average Bonchev–Trinajstić information content (AvgIpc) is 3.02. The van der Waals surface area contributed by atoms with E-state index in [0.29, 0.717) is 17.1 Å². The number of piperazine rings is 1. The van der Waals surface area contributed by atoms with Gasteiger partial charge in [0.1, 0.15) is 5.82 Å². The summed E-state index contributed by atoms with van der Waals surface area (Å²) in [6.07, 6.45) is 0. The number of hydrogen-bond donors (Lipinski definition) is 1. The van der Waals surface area contributed by atoms with Gasteiger partial charge in [0.25, 0.3) is 0 Å². The minimum absolute atomic E-state index is 0.215. The summed E-state index contributed by atoms with van der Waals surface area (Å²) in [4.78, 5) is 8.19. The molecule has 25 heavy (non-hydrogen) atoms. The highest BCUT2D eigenvalue weighted by Crippen LogP contribution is 2.22. The summed E-state index contributed by atoms with van der Waals surface area (Å²) in [5, 5.41) is 1.77. The summed E-state index contributed by atoms with van der Waals surface area (Å²) in [6, 6.07) is 15.5. The van der Waals surface area contributed by atoms with Crippen LogP contribution < -0.4 is 0 Å². The molecule has 0 unspecified atom stereocenters. The molecule has 0 aliphatic carbocycles. The highest BCUT2D eigenvalue weighted by Gasteiger charge is 2.19. The zero-order valence-corrected chi connectivity index (χ0v) is 14.8. The SMILES string of the molecule is Fc1cccc(Cl)c1CN1CCN(Cc2cc3ccccc3[nH]2)CC1. The third-order valence-corrected chi connectivity index (χ3v) is 5.24. The molecular formula is C20H21ClFN3. The second kappa shape index (κ2) is 7.16. The van der Waals surface area contributed by atoms with Crippen LogP contribution in [-0.2, 0) is 13.1 Å². The number of nitrogens with zero attached hydrogens (tertiary/aromatic N) is 2. The molecule has 1 aliphatic rings. The maximum absolute atomic E-state index is 13.9. The topological polar surface area (TPSA) is 22.3 Å². The summed E-state index contributed by atoms with van der Waals surface area (Å²) < 4.78 is 13.9. The molecule has 4 rings (SSSR count). The maximum atomic E-state index is 13.9. The van der Waals surface area contributed by atoms with Crippen LogP contribution in [0.25, 0.3) is 10.9 Å². The second-order valence-electron chi connectivity index (χ2n) is 6.63. The van der Waals surface area contributed by atoms with Gasteiger partial charge in [0.15, 0.2) is 0 Å². The fraction of sp³-hybridized carbons (Fsp3) is 0.300. The summed E-state index contributed by atoms with van der Waals surface area (Å²) in [6.45, 7) is 5.29. The average molecular weight is 358 g/mol. The largest absolute Gasteiger partial charge is 0.357 e. The lowest BCUT2D eigenvalue weighted by molar-refractivity contribution is 0.120. The predicted octanol–water partition coefficient (Wildman–Crippen LogP) is 4.28. The molecular weight excluding hydrogens is 337 g/mol. The number of fused-ring (bicyclic) bond motifs is 1. The number of aromatic nitrogens is 1. The molecule has 5 heteroatoms. The van der Waals surface area contributed by atoms with Gasteiger partial charge in [-0.2, -0.15) is 0 Å². The van der Waals surface area contributed by atoms with Gasteiger partial charge < -0.3 is 4.98 Å². The molecule has 0 amide bonds. The van der Waals surface area contributed by atoms with Gasteiger partial charge in [-0.3, -0.25) is 9.80 Å². The van der Waals surface area contributed by atoms with Crippen LogP contribution >= 0.6 is 11.6 Å². The highest BCUT2D eigenvalue weighted by atomic mass is 35.5. The lowest BCUT2D eigenvalue weighted by Crippen LogP contribution is -2.45. The Labute approximate surface area is 152 Å². The van der Waals surface area contributed by atoms with E-state index in [2.05, 4.69) is 45.1 Å². The Morgan fingerprint density at radius 1 is 0.920 bits per heavy atom. The van der Waals surface area contributed by atoms with Crippen molar-refractivity contribution in [1.82, 2.24) is 14.8 Å². The van der Waals surface area contributed by atoms with Crippen LogP contribution in [-0.4, -0.2) is 41.0 Å². The third-order valence-electron chi connectivity index (χ3n) is 4.89. The number of nitrogens with one attached hydrogen (secondary N) is 1. The van der Waals surface area contributed by atoms with Gasteiger partial charge in [0, 0.05) is 61.1 Å². The zero-order chi connectivity index (χ0) is 17.2. The summed E-state index contributed by atoms with van der Waals surface area (Å²) >= 11 is 6.14. The molecule has 3 aromatic rings. The first-order chi connectivity index (χ1) is 12.2. The van der Waals surface area contributed by atoms with Crippen molar-refractivity contribution in [2.75, 3.05) is 26.2 Å². The molecule has 0 bridgehead atoms. The predicted molar refractivity (Wildman–Crippen MR) is 100 cm³/mol. The van der Waals surface area contributed by atoms with Crippen molar-refractivity contribution in [2.45, 2.75) is 13.1 Å². The van der Waals surface area contributed by atoms with Crippen molar-refractivity contribution in [3.05, 3.63) is 70.6 Å². The van der Waals surface area contributed by atoms with Crippen molar-refractivity contribution in [3.63, 3.8) is 0 Å². The first kappa shape index (κ1) is 16.6. The van der Waals surface area contributed by atoms with Crippen LogP contribution in [0.15, 0.2) is 48.5 Å². The molecule has 1 N–H and O–H groups in total. The Kier molecular flexibility index (Phi) is 4.75. The minimum atomic E-state index is -0.215. The number of halogens is 2. The van der Waals surface area contributed by atoms with E-state index < -0.39 is 0 Å². The monoisotopic (exact) mass is 357 g/mol. The summed E-state index contributed by atoms with van der Waals surface area (Å²) in [5.74, 6) is -0.215. The molecule has 0 atom stereocenters. The molecule has 1 saturated heterocycles. The lowest BCUT2D eigenvalue weighted by Gasteiger charge is -2.34. The van der Waals surface area contributed by atoms with Crippen molar-refractivity contribution >= 4 is 22.5 Å². The van der Waals surface area contributed by atoms with Gasteiger partial charge in [-0.1, -0.05) is 35.9 Å². The minimum Gasteiger partial charge on any atom is -0.357 e. The normalized spacial score (nSPS) is 16.6. The fourth-order valence-electron chi connectivity index (χ4n) is 3.47. The highest BCUT2D eigenvalue weighted by molar-refractivity contribution is 6.31. The molecule has 1 fully saturated rings. The van der Waals surface area contributed by atoms with Crippen LogP contribution in [0.3, 0.4) is 0 Å². The van der Waals surface area contributed by atoms with Crippen LogP contribution in [0.5, 0.6) is 0 Å². The van der Waals surface area contributed by atoms with Gasteiger partial charge in [0.05, 0.1) is 0 Å². The summed E-state index contributed by atoms with van der Waals surface area (Å²) in [5.41, 5.74) is 3.03. The smallest absolute Gasteiger partial charge is 0.129 e. The molecule has 0 spiro atoms. The first-order valence-corrected chi connectivity index (χ1v) is 9.01. The third kappa shape index (κ3) is 3.71. The summed E-state index contributed by atoms with van der Waals surface area (Å²) in [7, 11) is 0. The number of aromatic amines is 1. The molecule has 1 aromatic heterocycles. The second-order valence-corrected chi connectivity index (χ2v) is 7.04.